The molecule has 2 nitrogen and oxygen atoms in total. The van der Waals surface area contributed by atoms with Crippen LogP contribution in [0.15, 0.2) is 0 Å². The highest BCUT2D eigenvalue weighted by Gasteiger charge is 2.41. The highest BCUT2D eigenvalue weighted by atomic mass is 16.1. The molecule has 1 saturated carbocycles. The van der Waals surface area contributed by atoms with Gasteiger partial charge >= 0.3 is 0 Å². The van der Waals surface area contributed by atoms with E-state index in [-0.39, 0.29) is 11.3 Å². The summed E-state index contributed by atoms with van der Waals surface area (Å²) >= 11 is 0. The first-order valence-corrected chi connectivity index (χ1v) is 3.35. The zero-order valence-electron chi connectivity index (χ0n) is 5.98. The van der Waals surface area contributed by atoms with Crippen LogP contribution in [0.3, 0.4) is 0 Å². The van der Waals surface area contributed by atoms with Gasteiger partial charge in [-0.15, -0.1) is 0 Å². The largest absolute Gasteiger partial charge is 0.369 e. The number of rotatable bonds is 2. The molecule has 0 aliphatic heterocycles. The Morgan fingerprint density at radius 2 is 2.00 bits per heavy atom. The first-order valence-electron chi connectivity index (χ1n) is 3.35. The summed E-state index contributed by atoms with van der Waals surface area (Å²) in [6.45, 7) is 3.85. The van der Waals surface area contributed by atoms with Gasteiger partial charge in [-0.05, 0) is 18.8 Å². The van der Waals surface area contributed by atoms with Crippen molar-refractivity contribution >= 4 is 5.91 Å². The minimum atomic E-state index is -0.250. The zero-order valence-corrected chi connectivity index (χ0v) is 5.98. The van der Waals surface area contributed by atoms with Gasteiger partial charge in [-0.25, -0.2) is 0 Å². The minimum Gasteiger partial charge on any atom is -0.369 e. The van der Waals surface area contributed by atoms with Crippen molar-refractivity contribution in [3.8, 4) is 0 Å². The number of hydrogen-bond acceptors (Lipinski definition) is 1. The van der Waals surface area contributed by atoms with Crippen LogP contribution in [0.1, 0.15) is 26.7 Å². The van der Waals surface area contributed by atoms with Crippen molar-refractivity contribution in [2.24, 2.45) is 17.1 Å². The molecule has 1 amide bonds. The second-order valence-corrected chi connectivity index (χ2v) is 3.36. The molecule has 0 unspecified atom stereocenters. The molecule has 2 N–H and O–H groups in total. The number of amides is 1. The standard InChI is InChI=1S/C7H13NO/c1-7(2,6(8)9)5-3-4-5/h5H,3-4H2,1-2H3,(H2,8,9). The second kappa shape index (κ2) is 1.72. The fourth-order valence-electron chi connectivity index (χ4n) is 1.01. The first-order chi connectivity index (χ1) is 4.05. The normalized spacial score (nSPS) is 19.8. The first kappa shape index (κ1) is 6.59. The van der Waals surface area contributed by atoms with Crippen LogP contribution in [0.2, 0.25) is 0 Å². The topological polar surface area (TPSA) is 43.1 Å². The molecular weight excluding hydrogens is 114 g/mol. The van der Waals surface area contributed by atoms with Gasteiger partial charge in [0.25, 0.3) is 0 Å². The monoisotopic (exact) mass is 127 g/mol. The van der Waals surface area contributed by atoms with Crippen LogP contribution in [0.5, 0.6) is 0 Å². The molecule has 9 heavy (non-hydrogen) atoms. The Kier molecular flexibility index (Phi) is 1.26. The minimum absolute atomic E-state index is 0.162. The van der Waals surface area contributed by atoms with E-state index in [1.807, 2.05) is 13.8 Å². The van der Waals surface area contributed by atoms with E-state index >= 15 is 0 Å². The van der Waals surface area contributed by atoms with Crippen LogP contribution in [0, 0.1) is 11.3 Å². The van der Waals surface area contributed by atoms with Crippen LogP contribution in [0.4, 0.5) is 0 Å². The van der Waals surface area contributed by atoms with Crippen LogP contribution in [-0.4, -0.2) is 5.91 Å². The Balaban J connectivity index is 2.59. The fraction of sp³-hybridized carbons (Fsp3) is 0.857. The Morgan fingerprint density at radius 1 is 1.56 bits per heavy atom. The van der Waals surface area contributed by atoms with E-state index in [0.29, 0.717) is 5.92 Å². The van der Waals surface area contributed by atoms with Crippen molar-refractivity contribution in [1.29, 1.82) is 0 Å². The van der Waals surface area contributed by atoms with Gasteiger partial charge in [0.05, 0.1) is 0 Å². The molecule has 0 bridgehead atoms. The Bertz CT molecular complexity index is 136. The summed E-state index contributed by atoms with van der Waals surface area (Å²) in [5, 5.41) is 0. The molecule has 2 heteroatoms. The third kappa shape index (κ3) is 1.07. The van der Waals surface area contributed by atoms with Crippen molar-refractivity contribution in [2.45, 2.75) is 26.7 Å². The molecule has 52 valence electrons. The summed E-state index contributed by atoms with van der Waals surface area (Å²) < 4.78 is 0. The maximum Gasteiger partial charge on any atom is 0.223 e. The van der Waals surface area contributed by atoms with Crippen molar-refractivity contribution in [1.82, 2.24) is 0 Å². The molecular formula is C7H13NO. The summed E-state index contributed by atoms with van der Waals surface area (Å²) in [4.78, 5) is 10.7. The molecule has 0 atom stereocenters. The lowest BCUT2D eigenvalue weighted by Crippen LogP contribution is -2.33. The summed E-state index contributed by atoms with van der Waals surface area (Å²) in [6.07, 6.45) is 2.35. The smallest absolute Gasteiger partial charge is 0.223 e. The van der Waals surface area contributed by atoms with E-state index in [2.05, 4.69) is 0 Å². The van der Waals surface area contributed by atoms with E-state index in [9.17, 15) is 4.79 Å². The number of hydrogen-bond donors (Lipinski definition) is 1. The average molecular weight is 127 g/mol. The fourth-order valence-corrected chi connectivity index (χ4v) is 1.01. The van der Waals surface area contributed by atoms with Crippen molar-refractivity contribution < 1.29 is 4.79 Å². The molecule has 0 aromatic heterocycles. The van der Waals surface area contributed by atoms with E-state index in [1.165, 1.54) is 12.8 Å². The maximum absolute atomic E-state index is 10.7. The van der Waals surface area contributed by atoms with Crippen molar-refractivity contribution in [2.75, 3.05) is 0 Å². The number of carbonyl (C=O) groups excluding carboxylic acids is 1. The molecule has 1 rings (SSSR count). The molecule has 0 aromatic carbocycles. The lowest BCUT2D eigenvalue weighted by atomic mass is 9.87. The van der Waals surface area contributed by atoms with Gasteiger partial charge in [0.15, 0.2) is 0 Å². The van der Waals surface area contributed by atoms with E-state index in [0.717, 1.165) is 0 Å². The van der Waals surface area contributed by atoms with E-state index < -0.39 is 0 Å². The third-order valence-electron chi connectivity index (χ3n) is 2.23. The lowest BCUT2D eigenvalue weighted by molar-refractivity contribution is -0.126. The second-order valence-electron chi connectivity index (χ2n) is 3.36. The number of nitrogens with two attached hydrogens (primary N) is 1. The Morgan fingerprint density at radius 3 is 2.11 bits per heavy atom. The molecule has 1 aliphatic rings. The molecule has 0 radical (unpaired) electrons. The van der Waals surface area contributed by atoms with Crippen molar-refractivity contribution in [3.05, 3.63) is 0 Å². The highest BCUT2D eigenvalue weighted by molar-refractivity contribution is 5.80. The van der Waals surface area contributed by atoms with Gasteiger partial charge in [-0.2, -0.15) is 0 Å². The third-order valence-corrected chi connectivity index (χ3v) is 2.23. The quantitative estimate of drug-likeness (QED) is 0.588. The van der Waals surface area contributed by atoms with E-state index in [4.69, 9.17) is 5.73 Å². The molecule has 0 heterocycles. The highest BCUT2D eigenvalue weighted by Crippen LogP contribution is 2.44. The predicted molar refractivity (Wildman–Crippen MR) is 35.7 cm³/mol. The SMILES string of the molecule is CC(C)(C(N)=O)C1CC1. The van der Waals surface area contributed by atoms with Gasteiger partial charge in [-0.3, -0.25) is 4.79 Å². The van der Waals surface area contributed by atoms with Crippen LogP contribution in [-0.2, 0) is 4.79 Å². The Labute approximate surface area is 55.4 Å². The summed E-state index contributed by atoms with van der Waals surface area (Å²) in [6, 6.07) is 0. The lowest BCUT2D eigenvalue weighted by Gasteiger charge is -2.18. The van der Waals surface area contributed by atoms with Gasteiger partial charge in [-0.1, -0.05) is 13.8 Å². The van der Waals surface area contributed by atoms with Gasteiger partial charge in [0.1, 0.15) is 0 Å². The van der Waals surface area contributed by atoms with Crippen LogP contribution < -0.4 is 5.73 Å². The summed E-state index contributed by atoms with van der Waals surface area (Å²) in [5.74, 6) is 0.403. The van der Waals surface area contributed by atoms with E-state index in [1.54, 1.807) is 0 Å². The van der Waals surface area contributed by atoms with Gasteiger partial charge in [0.2, 0.25) is 5.91 Å². The molecule has 0 spiro atoms. The molecule has 1 aliphatic carbocycles. The van der Waals surface area contributed by atoms with Gasteiger partial charge < -0.3 is 5.73 Å². The number of carbonyl (C=O) groups is 1. The van der Waals surface area contributed by atoms with Crippen LogP contribution >= 0.6 is 0 Å². The molecule has 1 fully saturated rings. The van der Waals surface area contributed by atoms with Gasteiger partial charge in [0, 0.05) is 5.41 Å². The predicted octanol–water partition coefficient (Wildman–Crippen LogP) is 0.908. The van der Waals surface area contributed by atoms with Crippen molar-refractivity contribution in [3.63, 3.8) is 0 Å². The average Bonchev–Trinajstić information content (AvgIpc) is 2.42. The molecule has 0 saturated heterocycles. The summed E-state index contributed by atoms with van der Waals surface area (Å²) in [5.41, 5.74) is 4.92. The molecule has 0 aromatic rings. The maximum atomic E-state index is 10.7. The number of primary amides is 1. The summed E-state index contributed by atoms with van der Waals surface area (Å²) in [7, 11) is 0. The zero-order chi connectivity index (χ0) is 7.07. The van der Waals surface area contributed by atoms with Crippen LogP contribution in [0.25, 0.3) is 0 Å². The Hall–Kier alpha value is -0.530.